The molecule has 2 saturated carbocycles. The topological polar surface area (TPSA) is 21.3 Å². The standard InChI is InChI=1S/C17H33NO/c1-5-19-16-12-15(17(16,3)4)18-10-9-14-8-6-7-13(2)11-14/h13-16,18H,5-12H2,1-4H3. The second-order valence-corrected chi connectivity index (χ2v) is 7.43. The van der Waals surface area contributed by atoms with Crippen LogP contribution in [0.15, 0.2) is 0 Å². The normalized spacial score (nSPS) is 37.9. The highest BCUT2D eigenvalue weighted by molar-refractivity contribution is 5.02. The highest BCUT2D eigenvalue weighted by atomic mass is 16.5. The van der Waals surface area contributed by atoms with Crippen molar-refractivity contribution in [3.63, 3.8) is 0 Å². The molecule has 0 saturated heterocycles. The van der Waals surface area contributed by atoms with Gasteiger partial charge in [0.05, 0.1) is 6.10 Å². The quantitative estimate of drug-likeness (QED) is 0.785. The van der Waals surface area contributed by atoms with Gasteiger partial charge in [-0.05, 0) is 44.6 Å². The molecule has 0 amide bonds. The van der Waals surface area contributed by atoms with Crippen LogP contribution in [0.4, 0.5) is 0 Å². The molecule has 0 aromatic heterocycles. The first-order valence-electron chi connectivity index (χ1n) is 8.39. The molecule has 4 unspecified atom stereocenters. The molecule has 1 N–H and O–H groups in total. The van der Waals surface area contributed by atoms with Crippen molar-refractivity contribution in [2.75, 3.05) is 13.2 Å². The number of rotatable bonds is 6. The minimum Gasteiger partial charge on any atom is -0.378 e. The van der Waals surface area contributed by atoms with E-state index in [-0.39, 0.29) is 0 Å². The fourth-order valence-corrected chi connectivity index (χ4v) is 4.00. The molecule has 2 nitrogen and oxygen atoms in total. The third-order valence-corrected chi connectivity index (χ3v) is 5.53. The number of ether oxygens (including phenoxy) is 1. The van der Waals surface area contributed by atoms with Crippen LogP contribution >= 0.6 is 0 Å². The number of hydrogen-bond donors (Lipinski definition) is 1. The van der Waals surface area contributed by atoms with Crippen LogP contribution in [-0.4, -0.2) is 25.3 Å². The molecule has 2 aliphatic rings. The van der Waals surface area contributed by atoms with Crippen LogP contribution in [0.5, 0.6) is 0 Å². The lowest BCUT2D eigenvalue weighted by molar-refractivity contribution is -0.114. The molecule has 2 fully saturated rings. The van der Waals surface area contributed by atoms with Crippen LogP contribution in [0.3, 0.4) is 0 Å². The summed E-state index contributed by atoms with van der Waals surface area (Å²) in [4.78, 5) is 0. The number of nitrogens with one attached hydrogen (secondary N) is 1. The lowest BCUT2D eigenvalue weighted by atomic mass is 9.64. The van der Waals surface area contributed by atoms with Crippen molar-refractivity contribution in [3.05, 3.63) is 0 Å². The molecule has 0 radical (unpaired) electrons. The smallest absolute Gasteiger partial charge is 0.0655 e. The molecule has 0 heterocycles. The number of hydrogen-bond acceptors (Lipinski definition) is 2. The average Bonchev–Trinajstić information content (AvgIpc) is 2.37. The summed E-state index contributed by atoms with van der Waals surface area (Å²) in [5.74, 6) is 1.93. The second kappa shape index (κ2) is 6.58. The van der Waals surface area contributed by atoms with Crippen LogP contribution in [0.2, 0.25) is 0 Å². The van der Waals surface area contributed by atoms with E-state index in [1.807, 2.05) is 0 Å². The van der Waals surface area contributed by atoms with E-state index >= 15 is 0 Å². The Balaban J connectivity index is 1.64. The van der Waals surface area contributed by atoms with Gasteiger partial charge in [-0.3, -0.25) is 0 Å². The van der Waals surface area contributed by atoms with Crippen LogP contribution in [-0.2, 0) is 4.74 Å². The molecule has 4 atom stereocenters. The Morgan fingerprint density at radius 3 is 2.63 bits per heavy atom. The van der Waals surface area contributed by atoms with E-state index in [2.05, 4.69) is 33.0 Å². The molecule has 0 aromatic rings. The van der Waals surface area contributed by atoms with Gasteiger partial charge in [0, 0.05) is 18.1 Å². The summed E-state index contributed by atoms with van der Waals surface area (Å²) in [5.41, 5.74) is 0.315. The highest BCUT2D eigenvalue weighted by Gasteiger charge is 2.48. The molecule has 19 heavy (non-hydrogen) atoms. The minimum absolute atomic E-state index is 0.315. The van der Waals surface area contributed by atoms with E-state index in [9.17, 15) is 0 Å². The monoisotopic (exact) mass is 267 g/mol. The van der Waals surface area contributed by atoms with Gasteiger partial charge in [0.15, 0.2) is 0 Å². The summed E-state index contributed by atoms with van der Waals surface area (Å²) in [5, 5.41) is 3.78. The Labute approximate surface area is 119 Å². The predicted molar refractivity (Wildman–Crippen MR) is 81.3 cm³/mol. The lowest BCUT2D eigenvalue weighted by Crippen LogP contribution is -2.61. The highest BCUT2D eigenvalue weighted by Crippen LogP contribution is 2.42. The van der Waals surface area contributed by atoms with Crippen molar-refractivity contribution in [1.29, 1.82) is 0 Å². The van der Waals surface area contributed by atoms with Crippen molar-refractivity contribution >= 4 is 0 Å². The van der Waals surface area contributed by atoms with Gasteiger partial charge < -0.3 is 10.1 Å². The van der Waals surface area contributed by atoms with Gasteiger partial charge in [-0.15, -0.1) is 0 Å². The van der Waals surface area contributed by atoms with E-state index in [4.69, 9.17) is 4.74 Å². The summed E-state index contributed by atoms with van der Waals surface area (Å²) in [7, 11) is 0. The van der Waals surface area contributed by atoms with Crippen LogP contribution in [0.25, 0.3) is 0 Å². The van der Waals surface area contributed by atoms with E-state index < -0.39 is 0 Å². The fourth-order valence-electron chi connectivity index (χ4n) is 4.00. The molecule has 2 rings (SSSR count). The summed E-state index contributed by atoms with van der Waals surface area (Å²) >= 11 is 0. The maximum atomic E-state index is 5.79. The minimum atomic E-state index is 0.315. The summed E-state index contributed by atoms with van der Waals surface area (Å²) in [6, 6.07) is 0.657. The van der Waals surface area contributed by atoms with Gasteiger partial charge in [-0.25, -0.2) is 0 Å². The predicted octanol–water partition coefficient (Wildman–Crippen LogP) is 4.00. The molecule has 0 aromatic carbocycles. The Morgan fingerprint density at radius 1 is 1.21 bits per heavy atom. The Hall–Kier alpha value is -0.0800. The molecule has 0 spiro atoms. The maximum absolute atomic E-state index is 5.79. The van der Waals surface area contributed by atoms with Crippen molar-refractivity contribution < 1.29 is 4.74 Å². The molecule has 0 aliphatic heterocycles. The lowest BCUT2D eigenvalue weighted by Gasteiger charge is -2.52. The molecule has 2 aliphatic carbocycles. The first-order chi connectivity index (χ1) is 9.04. The Bertz CT molecular complexity index is 276. The van der Waals surface area contributed by atoms with Gasteiger partial charge in [-0.1, -0.05) is 40.0 Å². The first-order valence-corrected chi connectivity index (χ1v) is 8.39. The van der Waals surface area contributed by atoms with Crippen LogP contribution in [0, 0.1) is 17.3 Å². The third kappa shape index (κ3) is 3.72. The van der Waals surface area contributed by atoms with E-state index in [0.717, 1.165) is 18.4 Å². The molecule has 2 heteroatoms. The maximum Gasteiger partial charge on any atom is 0.0655 e. The fraction of sp³-hybridized carbons (Fsp3) is 1.00. The first kappa shape index (κ1) is 15.3. The average molecular weight is 267 g/mol. The van der Waals surface area contributed by atoms with Gasteiger partial charge in [0.1, 0.15) is 0 Å². The zero-order valence-corrected chi connectivity index (χ0v) is 13.4. The van der Waals surface area contributed by atoms with Crippen molar-refractivity contribution in [1.82, 2.24) is 5.32 Å². The zero-order valence-electron chi connectivity index (χ0n) is 13.4. The largest absolute Gasteiger partial charge is 0.378 e. The van der Waals surface area contributed by atoms with Crippen molar-refractivity contribution in [3.8, 4) is 0 Å². The summed E-state index contributed by atoms with van der Waals surface area (Å²) in [6.45, 7) is 11.3. The SMILES string of the molecule is CCOC1CC(NCCC2CCCC(C)C2)C1(C)C. The molecule has 0 bridgehead atoms. The van der Waals surface area contributed by atoms with E-state index in [0.29, 0.717) is 17.6 Å². The Kier molecular flexibility index (Phi) is 5.30. The van der Waals surface area contributed by atoms with E-state index in [1.54, 1.807) is 0 Å². The van der Waals surface area contributed by atoms with Gasteiger partial charge in [-0.2, -0.15) is 0 Å². The van der Waals surface area contributed by atoms with Gasteiger partial charge >= 0.3 is 0 Å². The Morgan fingerprint density at radius 2 is 2.00 bits per heavy atom. The van der Waals surface area contributed by atoms with Crippen LogP contribution < -0.4 is 5.32 Å². The summed E-state index contributed by atoms with van der Waals surface area (Å²) in [6.07, 6.45) is 8.85. The molecular weight excluding hydrogens is 234 g/mol. The third-order valence-electron chi connectivity index (χ3n) is 5.53. The molecule has 112 valence electrons. The zero-order chi connectivity index (χ0) is 13.9. The van der Waals surface area contributed by atoms with E-state index in [1.165, 1.54) is 45.1 Å². The van der Waals surface area contributed by atoms with Crippen molar-refractivity contribution in [2.24, 2.45) is 17.3 Å². The van der Waals surface area contributed by atoms with Crippen LogP contribution in [0.1, 0.15) is 66.2 Å². The van der Waals surface area contributed by atoms with Gasteiger partial charge in [0.2, 0.25) is 0 Å². The van der Waals surface area contributed by atoms with Gasteiger partial charge in [0.25, 0.3) is 0 Å². The molecular formula is C17H33NO. The van der Waals surface area contributed by atoms with Crippen molar-refractivity contribution in [2.45, 2.75) is 78.4 Å². The second-order valence-electron chi connectivity index (χ2n) is 7.43. The summed E-state index contributed by atoms with van der Waals surface area (Å²) < 4.78 is 5.79.